The van der Waals surface area contributed by atoms with E-state index in [1.807, 2.05) is 4.90 Å². The highest BCUT2D eigenvalue weighted by Crippen LogP contribution is 2.36. The number of nitrogens with zero attached hydrogens (tertiary/aromatic N) is 2. The smallest absolute Gasteiger partial charge is 0.378 e. The maximum absolute atomic E-state index is 13.4. The normalized spacial score (nSPS) is 14.4. The van der Waals surface area contributed by atoms with Crippen LogP contribution >= 0.6 is 11.3 Å². The van der Waals surface area contributed by atoms with Crippen LogP contribution in [0, 0.1) is 5.82 Å². The molecule has 0 aliphatic carbocycles. The average molecular weight is 465 g/mol. The van der Waals surface area contributed by atoms with E-state index in [1.165, 1.54) is 29.5 Å². The molecule has 2 heterocycles. The first kappa shape index (κ1) is 22.2. The van der Waals surface area contributed by atoms with Gasteiger partial charge >= 0.3 is 6.18 Å². The molecular formula is C22H19F4N3O2S. The van der Waals surface area contributed by atoms with Crippen LogP contribution in [0.2, 0.25) is 0 Å². The molecule has 168 valence electrons. The number of thiazole rings is 1. The molecule has 1 aliphatic rings. The number of carbonyl (C=O) groups is 1. The number of alkyl halides is 3. The van der Waals surface area contributed by atoms with E-state index in [9.17, 15) is 22.4 Å². The van der Waals surface area contributed by atoms with Gasteiger partial charge in [0, 0.05) is 24.0 Å². The zero-order valence-electron chi connectivity index (χ0n) is 16.8. The van der Waals surface area contributed by atoms with Crippen molar-refractivity contribution in [2.75, 3.05) is 36.5 Å². The first-order chi connectivity index (χ1) is 15.3. The summed E-state index contributed by atoms with van der Waals surface area (Å²) in [5.74, 6) is -0.882. The monoisotopic (exact) mass is 465 g/mol. The Morgan fingerprint density at radius 2 is 1.94 bits per heavy atom. The van der Waals surface area contributed by atoms with Crippen molar-refractivity contribution in [2.24, 2.45) is 0 Å². The molecule has 10 heteroatoms. The van der Waals surface area contributed by atoms with Crippen molar-refractivity contribution < 1.29 is 27.1 Å². The van der Waals surface area contributed by atoms with Gasteiger partial charge in [-0.25, -0.2) is 9.37 Å². The molecule has 2 aromatic carbocycles. The summed E-state index contributed by atoms with van der Waals surface area (Å²) in [5.41, 5.74) is 0.799. The van der Waals surface area contributed by atoms with Crippen molar-refractivity contribution in [3.8, 4) is 10.6 Å². The summed E-state index contributed by atoms with van der Waals surface area (Å²) in [6, 6.07) is 9.28. The lowest BCUT2D eigenvalue weighted by Crippen LogP contribution is -2.37. The number of aromatic nitrogens is 1. The highest BCUT2D eigenvalue weighted by atomic mass is 32.1. The second-order valence-corrected chi connectivity index (χ2v) is 8.07. The van der Waals surface area contributed by atoms with Crippen molar-refractivity contribution in [1.29, 1.82) is 0 Å². The predicted octanol–water partition coefficient (Wildman–Crippen LogP) is 4.99. The molecule has 3 aromatic rings. The molecule has 0 bridgehead atoms. The van der Waals surface area contributed by atoms with Crippen LogP contribution in [0.15, 0.2) is 47.8 Å². The number of morpholine rings is 1. The zero-order valence-corrected chi connectivity index (χ0v) is 17.6. The largest absolute Gasteiger partial charge is 0.416 e. The maximum Gasteiger partial charge on any atom is 0.416 e. The molecule has 5 nitrogen and oxygen atoms in total. The first-order valence-electron chi connectivity index (χ1n) is 9.84. The number of nitrogens with one attached hydrogen (secondary N) is 1. The van der Waals surface area contributed by atoms with Gasteiger partial charge in [0.2, 0.25) is 5.91 Å². The Morgan fingerprint density at radius 1 is 1.16 bits per heavy atom. The summed E-state index contributed by atoms with van der Waals surface area (Å²) in [6.45, 7) is 1.93. The van der Waals surface area contributed by atoms with Gasteiger partial charge in [-0.2, -0.15) is 13.2 Å². The third-order valence-corrected chi connectivity index (χ3v) is 5.85. The third kappa shape index (κ3) is 5.25. The second kappa shape index (κ2) is 9.25. The van der Waals surface area contributed by atoms with Crippen LogP contribution in [0.4, 0.5) is 28.9 Å². The Hall–Kier alpha value is -2.98. The van der Waals surface area contributed by atoms with E-state index in [0.717, 1.165) is 12.1 Å². The van der Waals surface area contributed by atoms with Gasteiger partial charge in [0.25, 0.3) is 0 Å². The molecule has 1 amide bonds. The summed E-state index contributed by atoms with van der Waals surface area (Å²) in [5, 5.41) is 4.84. The van der Waals surface area contributed by atoms with E-state index >= 15 is 0 Å². The number of halogens is 4. The molecule has 1 N–H and O–H groups in total. The SMILES string of the molecule is O=C(Cc1csc(-c2cccc(F)c2)n1)Nc1cc(C(F)(F)F)ccc1N1CCOCC1. The maximum atomic E-state index is 13.4. The fourth-order valence-corrected chi connectivity index (χ4v) is 4.21. The van der Waals surface area contributed by atoms with Gasteiger partial charge < -0.3 is 15.0 Å². The van der Waals surface area contributed by atoms with E-state index in [0.29, 0.717) is 48.3 Å². The number of hydrogen-bond donors (Lipinski definition) is 1. The average Bonchev–Trinajstić information content (AvgIpc) is 3.22. The molecule has 1 fully saturated rings. The molecule has 1 aliphatic heterocycles. The summed E-state index contributed by atoms with van der Waals surface area (Å²) in [4.78, 5) is 18.9. The van der Waals surface area contributed by atoms with E-state index in [4.69, 9.17) is 4.74 Å². The number of hydrogen-bond acceptors (Lipinski definition) is 5. The summed E-state index contributed by atoms with van der Waals surface area (Å²) >= 11 is 1.26. The minimum absolute atomic E-state index is 0.0901. The topological polar surface area (TPSA) is 54.5 Å². The molecule has 0 spiro atoms. The van der Waals surface area contributed by atoms with Crippen LogP contribution in [-0.4, -0.2) is 37.2 Å². The minimum Gasteiger partial charge on any atom is -0.378 e. The Bertz CT molecular complexity index is 1110. The van der Waals surface area contributed by atoms with Gasteiger partial charge in [-0.3, -0.25) is 4.79 Å². The minimum atomic E-state index is -4.53. The number of ether oxygens (including phenoxy) is 1. The highest BCUT2D eigenvalue weighted by molar-refractivity contribution is 7.13. The van der Waals surface area contributed by atoms with Crippen LogP contribution in [0.3, 0.4) is 0 Å². The Kier molecular flexibility index (Phi) is 6.43. The summed E-state index contributed by atoms with van der Waals surface area (Å²) < 4.78 is 58.5. The number of rotatable bonds is 5. The zero-order chi connectivity index (χ0) is 22.7. The number of anilines is 2. The van der Waals surface area contributed by atoms with Gasteiger partial charge in [0.05, 0.1) is 42.3 Å². The van der Waals surface area contributed by atoms with Crippen molar-refractivity contribution >= 4 is 28.6 Å². The number of amides is 1. The van der Waals surface area contributed by atoms with Gasteiger partial charge in [-0.05, 0) is 30.3 Å². The quantitative estimate of drug-likeness (QED) is 0.540. The Balaban J connectivity index is 1.53. The highest BCUT2D eigenvalue weighted by Gasteiger charge is 2.32. The lowest BCUT2D eigenvalue weighted by molar-refractivity contribution is -0.137. The van der Waals surface area contributed by atoms with Crippen molar-refractivity contribution in [1.82, 2.24) is 4.98 Å². The fraction of sp³-hybridized carbons (Fsp3) is 0.273. The molecule has 1 aromatic heterocycles. The van der Waals surface area contributed by atoms with E-state index in [1.54, 1.807) is 17.5 Å². The molecule has 0 unspecified atom stereocenters. The van der Waals surface area contributed by atoms with E-state index in [2.05, 4.69) is 10.3 Å². The number of benzene rings is 2. The van der Waals surface area contributed by atoms with Crippen molar-refractivity contribution in [2.45, 2.75) is 12.6 Å². The van der Waals surface area contributed by atoms with Gasteiger partial charge in [-0.15, -0.1) is 11.3 Å². The Morgan fingerprint density at radius 3 is 2.66 bits per heavy atom. The van der Waals surface area contributed by atoms with E-state index < -0.39 is 23.5 Å². The molecule has 32 heavy (non-hydrogen) atoms. The number of carbonyl (C=O) groups excluding carboxylic acids is 1. The van der Waals surface area contributed by atoms with Gasteiger partial charge in [0.1, 0.15) is 10.8 Å². The molecule has 0 atom stereocenters. The van der Waals surface area contributed by atoms with Crippen LogP contribution in [-0.2, 0) is 22.1 Å². The summed E-state index contributed by atoms with van der Waals surface area (Å²) in [6.07, 6.45) is -4.65. The Labute approximate surface area is 185 Å². The van der Waals surface area contributed by atoms with Crippen LogP contribution in [0.5, 0.6) is 0 Å². The molecule has 0 saturated carbocycles. The lowest BCUT2D eigenvalue weighted by atomic mass is 10.1. The third-order valence-electron chi connectivity index (χ3n) is 4.91. The predicted molar refractivity (Wildman–Crippen MR) is 114 cm³/mol. The van der Waals surface area contributed by atoms with Crippen LogP contribution in [0.1, 0.15) is 11.3 Å². The van der Waals surface area contributed by atoms with Crippen molar-refractivity contribution in [3.05, 3.63) is 64.9 Å². The first-order valence-corrected chi connectivity index (χ1v) is 10.7. The lowest BCUT2D eigenvalue weighted by Gasteiger charge is -2.31. The molecular weight excluding hydrogens is 446 g/mol. The fourth-order valence-electron chi connectivity index (χ4n) is 3.39. The molecule has 4 rings (SSSR count). The van der Waals surface area contributed by atoms with E-state index in [-0.39, 0.29) is 12.1 Å². The van der Waals surface area contributed by atoms with Crippen LogP contribution < -0.4 is 10.2 Å². The molecule has 1 saturated heterocycles. The van der Waals surface area contributed by atoms with Gasteiger partial charge in [0.15, 0.2) is 0 Å². The standard InChI is InChI=1S/C22H19F4N3O2S/c23-16-3-1-2-14(10-16)21-27-17(13-32-21)12-20(30)28-18-11-15(22(24,25)26)4-5-19(18)29-6-8-31-9-7-29/h1-5,10-11,13H,6-9,12H2,(H,28,30). The summed E-state index contributed by atoms with van der Waals surface area (Å²) in [7, 11) is 0. The van der Waals surface area contributed by atoms with Crippen LogP contribution in [0.25, 0.3) is 10.6 Å². The van der Waals surface area contributed by atoms with Crippen molar-refractivity contribution in [3.63, 3.8) is 0 Å². The molecule has 0 radical (unpaired) electrons. The van der Waals surface area contributed by atoms with Gasteiger partial charge in [-0.1, -0.05) is 12.1 Å². The second-order valence-electron chi connectivity index (χ2n) is 7.21.